The minimum absolute atomic E-state index is 0.00174. The van der Waals surface area contributed by atoms with Crippen molar-refractivity contribution in [3.63, 3.8) is 0 Å². The van der Waals surface area contributed by atoms with Crippen LogP contribution in [-0.2, 0) is 22.4 Å². The second kappa shape index (κ2) is 9.22. The van der Waals surface area contributed by atoms with Crippen LogP contribution in [0.15, 0.2) is 30.3 Å². The molecule has 29 heavy (non-hydrogen) atoms. The highest BCUT2D eigenvalue weighted by atomic mass is 32.1. The van der Waals surface area contributed by atoms with Crippen LogP contribution in [0.4, 0.5) is 11.4 Å². The molecule has 1 unspecified atom stereocenters. The zero-order chi connectivity index (χ0) is 21.0. The Morgan fingerprint density at radius 3 is 2.41 bits per heavy atom. The number of carbonyl (C=O) groups excluding carboxylic acids is 3. The Balaban J connectivity index is 1.61. The fourth-order valence-corrected chi connectivity index (χ4v) is 4.68. The number of thiophene rings is 1. The van der Waals surface area contributed by atoms with Gasteiger partial charge in [-0.25, -0.2) is 0 Å². The number of hydrogen-bond acceptors (Lipinski definition) is 4. The van der Waals surface area contributed by atoms with Crippen molar-refractivity contribution in [3.8, 4) is 0 Å². The number of aryl methyl sites for hydroxylation is 1. The molecule has 3 amide bonds. The van der Waals surface area contributed by atoms with Gasteiger partial charge >= 0.3 is 0 Å². The minimum Gasteiger partial charge on any atom is -0.329 e. The van der Waals surface area contributed by atoms with E-state index in [-0.39, 0.29) is 24.3 Å². The highest BCUT2D eigenvalue weighted by Gasteiger charge is 2.24. The monoisotopic (exact) mass is 413 g/mol. The van der Waals surface area contributed by atoms with Gasteiger partial charge in [0.05, 0.1) is 4.88 Å². The maximum Gasteiger partial charge on any atom is 0.264 e. The van der Waals surface area contributed by atoms with E-state index in [0.717, 1.165) is 17.7 Å². The van der Waals surface area contributed by atoms with Gasteiger partial charge in [0, 0.05) is 29.7 Å². The van der Waals surface area contributed by atoms with Crippen molar-refractivity contribution < 1.29 is 14.4 Å². The zero-order valence-corrected chi connectivity index (χ0v) is 17.9. The third-order valence-electron chi connectivity index (χ3n) is 5.03. The Kier molecular flexibility index (Phi) is 6.69. The van der Waals surface area contributed by atoms with E-state index in [0.29, 0.717) is 23.8 Å². The lowest BCUT2D eigenvalue weighted by molar-refractivity contribution is -0.117. The second-order valence-electron chi connectivity index (χ2n) is 7.53. The van der Waals surface area contributed by atoms with E-state index >= 15 is 0 Å². The number of nitrogens with one attached hydrogen (secondary N) is 2. The van der Waals surface area contributed by atoms with Crippen LogP contribution in [0.25, 0.3) is 0 Å². The molecule has 1 heterocycles. The SMILES string of the molecule is CCN(CC(=O)Nc1ccc(NC(C)=O)cc1)C(=O)c1cc2c(s1)CCC(C)C2. The molecule has 0 saturated heterocycles. The lowest BCUT2D eigenvalue weighted by Gasteiger charge is -2.19. The maximum absolute atomic E-state index is 12.9. The Bertz CT molecular complexity index is 905. The summed E-state index contributed by atoms with van der Waals surface area (Å²) in [6.07, 6.45) is 3.23. The number of amides is 3. The molecular weight excluding hydrogens is 386 g/mol. The topological polar surface area (TPSA) is 78.5 Å². The van der Waals surface area contributed by atoms with Crippen LogP contribution in [0.5, 0.6) is 0 Å². The number of likely N-dealkylation sites (N-methyl/N-ethyl adjacent to an activating group) is 1. The Labute approximate surface area is 175 Å². The predicted octanol–water partition coefficient (Wildman–Crippen LogP) is 3.93. The van der Waals surface area contributed by atoms with Crippen molar-refractivity contribution >= 4 is 40.4 Å². The van der Waals surface area contributed by atoms with E-state index in [9.17, 15) is 14.4 Å². The molecule has 0 saturated carbocycles. The van der Waals surface area contributed by atoms with Crippen molar-refractivity contribution in [2.45, 2.75) is 40.0 Å². The van der Waals surface area contributed by atoms with E-state index in [1.165, 1.54) is 23.8 Å². The molecule has 2 N–H and O–H groups in total. The third kappa shape index (κ3) is 5.44. The predicted molar refractivity (Wildman–Crippen MR) is 116 cm³/mol. The lowest BCUT2D eigenvalue weighted by Crippen LogP contribution is -2.37. The fraction of sp³-hybridized carbons (Fsp3) is 0.409. The second-order valence-corrected chi connectivity index (χ2v) is 8.67. The summed E-state index contributed by atoms with van der Waals surface area (Å²) in [7, 11) is 0. The van der Waals surface area contributed by atoms with Crippen LogP contribution in [-0.4, -0.2) is 35.7 Å². The molecule has 154 valence electrons. The quantitative estimate of drug-likeness (QED) is 0.753. The molecule has 1 atom stereocenters. The molecule has 1 aliphatic carbocycles. The summed E-state index contributed by atoms with van der Waals surface area (Å²) in [6, 6.07) is 8.89. The van der Waals surface area contributed by atoms with Gasteiger partial charge in [0.15, 0.2) is 0 Å². The Hall–Kier alpha value is -2.67. The van der Waals surface area contributed by atoms with E-state index in [1.807, 2.05) is 13.0 Å². The summed E-state index contributed by atoms with van der Waals surface area (Å²) in [6.45, 7) is 6.03. The first-order valence-corrected chi connectivity index (χ1v) is 10.8. The maximum atomic E-state index is 12.9. The first-order valence-electron chi connectivity index (χ1n) is 9.94. The van der Waals surface area contributed by atoms with Crippen LogP contribution in [0, 0.1) is 5.92 Å². The van der Waals surface area contributed by atoms with Crippen LogP contribution >= 0.6 is 11.3 Å². The van der Waals surface area contributed by atoms with E-state index < -0.39 is 0 Å². The smallest absolute Gasteiger partial charge is 0.264 e. The van der Waals surface area contributed by atoms with E-state index in [2.05, 4.69) is 17.6 Å². The molecule has 1 aromatic heterocycles. The van der Waals surface area contributed by atoms with Crippen molar-refractivity contribution in [1.82, 2.24) is 4.90 Å². The summed E-state index contributed by atoms with van der Waals surface area (Å²) < 4.78 is 0. The first kappa shape index (κ1) is 21.0. The molecule has 1 aliphatic rings. The summed E-state index contributed by atoms with van der Waals surface area (Å²) in [4.78, 5) is 40.1. The van der Waals surface area contributed by atoms with Crippen molar-refractivity contribution in [3.05, 3.63) is 45.6 Å². The average molecular weight is 414 g/mol. The first-order chi connectivity index (χ1) is 13.9. The standard InChI is InChI=1S/C22H27N3O3S/c1-4-25(22(28)20-12-16-11-14(2)5-10-19(16)29-20)13-21(27)24-18-8-6-17(7-9-18)23-15(3)26/h6-9,12,14H,4-5,10-11,13H2,1-3H3,(H,23,26)(H,24,27). The van der Waals surface area contributed by atoms with Gasteiger partial charge in [0.25, 0.3) is 5.91 Å². The number of carbonyl (C=O) groups is 3. The van der Waals surface area contributed by atoms with Crippen molar-refractivity contribution in [2.24, 2.45) is 5.92 Å². The van der Waals surface area contributed by atoms with Gasteiger partial charge in [-0.05, 0) is 68.0 Å². The summed E-state index contributed by atoms with van der Waals surface area (Å²) in [5.41, 5.74) is 2.57. The number of anilines is 2. The van der Waals surface area contributed by atoms with Crippen molar-refractivity contribution in [2.75, 3.05) is 23.7 Å². The summed E-state index contributed by atoms with van der Waals surface area (Å²) >= 11 is 1.57. The van der Waals surface area contributed by atoms with Crippen molar-refractivity contribution in [1.29, 1.82) is 0 Å². The summed E-state index contributed by atoms with van der Waals surface area (Å²) in [5, 5.41) is 5.49. The Morgan fingerprint density at radius 2 is 1.79 bits per heavy atom. The molecule has 1 aromatic carbocycles. The molecule has 6 nitrogen and oxygen atoms in total. The molecule has 7 heteroatoms. The molecule has 0 radical (unpaired) electrons. The van der Waals surface area contributed by atoms with Crippen LogP contribution in [0.1, 0.15) is 47.3 Å². The van der Waals surface area contributed by atoms with Gasteiger partial charge in [0.2, 0.25) is 11.8 Å². The van der Waals surface area contributed by atoms with Crippen LogP contribution in [0.3, 0.4) is 0 Å². The zero-order valence-electron chi connectivity index (χ0n) is 17.1. The number of fused-ring (bicyclic) bond motifs is 1. The Morgan fingerprint density at radius 1 is 1.14 bits per heavy atom. The van der Waals surface area contributed by atoms with Gasteiger partial charge in [-0.2, -0.15) is 0 Å². The average Bonchev–Trinajstić information content (AvgIpc) is 3.10. The molecular formula is C22H27N3O3S. The number of nitrogens with zero attached hydrogens (tertiary/aromatic N) is 1. The summed E-state index contributed by atoms with van der Waals surface area (Å²) in [5.74, 6) is 0.173. The minimum atomic E-state index is -0.248. The normalized spacial score (nSPS) is 15.3. The van der Waals surface area contributed by atoms with Gasteiger partial charge in [0.1, 0.15) is 6.54 Å². The number of rotatable bonds is 6. The molecule has 0 fully saturated rings. The highest BCUT2D eigenvalue weighted by molar-refractivity contribution is 7.14. The number of hydrogen-bond donors (Lipinski definition) is 2. The van der Waals surface area contributed by atoms with Gasteiger partial charge < -0.3 is 15.5 Å². The molecule has 3 rings (SSSR count). The van der Waals surface area contributed by atoms with E-state index in [1.54, 1.807) is 40.5 Å². The highest BCUT2D eigenvalue weighted by Crippen LogP contribution is 2.32. The number of benzene rings is 1. The van der Waals surface area contributed by atoms with Gasteiger partial charge in [-0.15, -0.1) is 11.3 Å². The molecule has 0 bridgehead atoms. The molecule has 2 aromatic rings. The van der Waals surface area contributed by atoms with Crippen LogP contribution < -0.4 is 10.6 Å². The van der Waals surface area contributed by atoms with E-state index in [4.69, 9.17) is 0 Å². The molecule has 0 aliphatic heterocycles. The fourth-order valence-electron chi connectivity index (χ4n) is 3.51. The largest absolute Gasteiger partial charge is 0.329 e. The third-order valence-corrected chi connectivity index (χ3v) is 6.26. The van der Waals surface area contributed by atoms with Gasteiger partial charge in [-0.1, -0.05) is 6.92 Å². The lowest BCUT2D eigenvalue weighted by atomic mass is 9.90. The van der Waals surface area contributed by atoms with Crippen LogP contribution in [0.2, 0.25) is 0 Å². The molecule has 0 spiro atoms. The van der Waals surface area contributed by atoms with Gasteiger partial charge in [-0.3, -0.25) is 14.4 Å².